The Bertz CT molecular complexity index is 727. The van der Waals surface area contributed by atoms with Gasteiger partial charge in [-0.05, 0) is 36.4 Å². The zero-order valence-corrected chi connectivity index (χ0v) is 12.1. The van der Waals surface area contributed by atoms with E-state index in [0.29, 0.717) is 0 Å². The number of carbonyl (C=O) groups excluding carboxylic acids is 1. The number of benzene rings is 2. The number of rotatable bonds is 6. The Kier molecular flexibility index (Phi) is 5.41. The molecule has 120 valence electrons. The topological polar surface area (TPSA) is 35.5 Å². The van der Waals surface area contributed by atoms with E-state index in [1.165, 1.54) is 49.6 Å². The summed E-state index contributed by atoms with van der Waals surface area (Å²) < 4.78 is 47.2. The van der Waals surface area contributed by atoms with E-state index in [1.54, 1.807) is 12.1 Å². The van der Waals surface area contributed by atoms with Crippen LogP contribution in [-0.4, -0.2) is 19.5 Å². The molecule has 0 aliphatic heterocycles. The van der Waals surface area contributed by atoms with Gasteiger partial charge in [0.15, 0.2) is 17.3 Å². The zero-order valence-electron chi connectivity index (χ0n) is 12.1. The summed E-state index contributed by atoms with van der Waals surface area (Å²) in [6.07, 6.45) is 2.54. The molecular weight excluding hydrogens is 309 g/mol. The first-order valence-electron chi connectivity index (χ1n) is 6.61. The van der Waals surface area contributed by atoms with Crippen molar-refractivity contribution in [3.8, 4) is 11.5 Å². The van der Waals surface area contributed by atoms with Crippen molar-refractivity contribution in [2.45, 2.75) is 6.61 Å². The van der Waals surface area contributed by atoms with E-state index in [9.17, 15) is 18.0 Å². The van der Waals surface area contributed by atoms with E-state index >= 15 is 0 Å². The van der Waals surface area contributed by atoms with Crippen LogP contribution in [0.25, 0.3) is 6.08 Å². The van der Waals surface area contributed by atoms with Crippen molar-refractivity contribution in [3.05, 3.63) is 65.5 Å². The van der Waals surface area contributed by atoms with E-state index in [-0.39, 0.29) is 22.6 Å². The third kappa shape index (κ3) is 4.35. The van der Waals surface area contributed by atoms with Crippen LogP contribution in [0.15, 0.2) is 48.5 Å². The maximum Gasteiger partial charge on any atom is 0.387 e. The van der Waals surface area contributed by atoms with E-state index in [4.69, 9.17) is 4.74 Å². The van der Waals surface area contributed by atoms with Crippen LogP contribution in [0.3, 0.4) is 0 Å². The number of halogens is 3. The van der Waals surface area contributed by atoms with Crippen LogP contribution < -0.4 is 9.47 Å². The molecular formula is C17H13F3O3. The average Bonchev–Trinajstić information content (AvgIpc) is 2.53. The van der Waals surface area contributed by atoms with E-state index in [2.05, 4.69) is 4.74 Å². The molecule has 0 radical (unpaired) electrons. The van der Waals surface area contributed by atoms with Crippen LogP contribution in [0.5, 0.6) is 11.5 Å². The number of hydrogen-bond donors (Lipinski definition) is 0. The van der Waals surface area contributed by atoms with Crippen molar-refractivity contribution in [2.24, 2.45) is 0 Å². The molecule has 2 aromatic rings. The van der Waals surface area contributed by atoms with Gasteiger partial charge >= 0.3 is 6.61 Å². The first kappa shape index (κ1) is 16.6. The van der Waals surface area contributed by atoms with Crippen molar-refractivity contribution in [1.29, 1.82) is 0 Å². The molecule has 2 aromatic carbocycles. The molecule has 0 saturated heterocycles. The molecule has 0 bridgehead atoms. The summed E-state index contributed by atoms with van der Waals surface area (Å²) in [5.74, 6) is -1.03. The molecule has 0 fully saturated rings. The largest absolute Gasteiger partial charge is 0.493 e. The van der Waals surface area contributed by atoms with Gasteiger partial charge in [-0.15, -0.1) is 0 Å². The number of ether oxygens (including phenoxy) is 2. The molecule has 0 unspecified atom stereocenters. The SMILES string of the molecule is COc1cc(C(=O)C=Cc2ccccc2F)ccc1OC(F)F. The summed E-state index contributed by atoms with van der Waals surface area (Å²) in [6, 6.07) is 9.83. The molecule has 0 aliphatic carbocycles. The Hall–Kier alpha value is -2.76. The van der Waals surface area contributed by atoms with Crippen LogP contribution in [-0.2, 0) is 0 Å². The molecule has 0 aliphatic rings. The molecule has 2 rings (SSSR count). The number of alkyl halides is 2. The van der Waals surface area contributed by atoms with Gasteiger partial charge in [0.1, 0.15) is 5.82 Å². The van der Waals surface area contributed by atoms with Crippen molar-refractivity contribution < 1.29 is 27.4 Å². The normalized spacial score (nSPS) is 11.0. The van der Waals surface area contributed by atoms with Crippen molar-refractivity contribution in [3.63, 3.8) is 0 Å². The Balaban J connectivity index is 2.21. The fourth-order valence-corrected chi connectivity index (χ4v) is 1.89. The van der Waals surface area contributed by atoms with Gasteiger partial charge in [0, 0.05) is 11.1 Å². The second kappa shape index (κ2) is 7.49. The Morgan fingerprint density at radius 2 is 1.87 bits per heavy atom. The van der Waals surface area contributed by atoms with Crippen molar-refractivity contribution >= 4 is 11.9 Å². The maximum absolute atomic E-state index is 13.5. The summed E-state index contributed by atoms with van der Waals surface area (Å²) >= 11 is 0. The predicted molar refractivity (Wildman–Crippen MR) is 79.4 cm³/mol. The van der Waals surface area contributed by atoms with Crippen molar-refractivity contribution in [1.82, 2.24) is 0 Å². The lowest BCUT2D eigenvalue weighted by Crippen LogP contribution is -2.04. The minimum atomic E-state index is -2.99. The second-order valence-electron chi connectivity index (χ2n) is 4.46. The zero-order chi connectivity index (χ0) is 16.8. The standard InChI is InChI=1S/C17H13F3O3/c1-22-16-10-12(7-9-15(16)23-17(19)20)14(21)8-6-11-4-2-3-5-13(11)18/h2-10,17H,1H3. The predicted octanol–water partition coefficient (Wildman–Crippen LogP) is 4.33. The van der Waals surface area contributed by atoms with E-state index in [0.717, 1.165) is 0 Å². The lowest BCUT2D eigenvalue weighted by atomic mass is 10.1. The minimum Gasteiger partial charge on any atom is -0.493 e. The van der Waals surface area contributed by atoms with Crippen LogP contribution in [0.1, 0.15) is 15.9 Å². The number of methoxy groups -OCH3 is 1. The molecule has 0 N–H and O–H groups in total. The van der Waals surface area contributed by atoms with Crippen LogP contribution in [0, 0.1) is 5.82 Å². The molecule has 0 atom stereocenters. The number of allylic oxidation sites excluding steroid dienone is 1. The van der Waals surface area contributed by atoms with Gasteiger partial charge in [-0.25, -0.2) is 4.39 Å². The van der Waals surface area contributed by atoms with Crippen LogP contribution in [0.2, 0.25) is 0 Å². The third-order valence-corrected chi connectivity index (χ3v) is 2.98. The third-order valence-electron chi connectivity index (χ3n) is 2.98. The maximum atomic E-state index is 13.5. The summed E-state index contributed by atoms with van der Waals surface area (Å²) in [7, 11) is 1.27. The molecule has 0 heterocycles. The van der Waals surface area contributed by atoms with Gasteiger partial charge < -0.3 is 9.47 Å². The minimum absolute atomic E-state index is 0.00967. The first-order valence-corrected chi connectivity index (χ1v) is 6.61. The van der Waals surface area contributed by atoms with Gasteiger partial charge in [0.2, 0.25) is 0 Å². The quantitative estimate of drug-likeness (QED) is 0.586. The highest BCUT2D eigenvalue weighted by atomic mass is 19.3. The van der Waals surface area contributed by atoms with E-state index in [1.807, 2.05) is 0 Å². The molecule has 6 heteroatoms. The highest BCUT2D eigenvalue weighted by Crippen LogP contribution is 2.29. The summed E-state index contributed by atoms with van der Waals surface area (Å²) in [4.78, 5) is 12.1. The molecule has 3 nitrogen and oxygen atoms in total. The summed E-state index contributed by atoms with van der Waals surface area (Å²) in [5.41, 5.74) is 0.474. The Labute approximate surface area is 131 Å². The molecule has 23 heavy (non-hydrogen) atoms. The molecule has 0 saturated carbocycles. The smallest absolute Gasteiger partial charge is 0.387 e. The summed E-state index contributed by atoms with van der Waals surface area (Å²) in [6.45, 7) is -2.99. The summed E-state index contributed by atoms with van der Waals surface area (Å²) in [5, 5.41) is 0. The lowest BCUT2D eigenvalue weighted by Gasteiger charge is -2.10. The lowest BCUT2D eigenvalue weighted by molar-refractivity contribution is -0.0512. The second-order valence-corrected chi connectivity index (χ2v) is 4.46. The molecule has 0 aromatic heterocycles. The van der Waals surface area contributed by atoms with Crippen molar-refractivity contribution in [2.75, 3.05) is 7.11 Å². The fraction of sp³-hybridized carbons (Fsp3) is 0.118. The average molecular weight is 322 g/mol. The first-order chi connectivity index (χ1) is 11.0. The number of ketones is 1. The van der Waals surface area contributed by atoms with Crippen LogP contribution >= 0.6 is 0 Å². The highest BCUT2D eigenvalue weighted by molar-refractivity contribution is 6.07. The number of carbonyl (C=O) groups is 1. The Morgan fingerprint density at radius 1 is 1.13 bits per heavy atom. The molecule has 0 amide bonds. The van der Waals surface area contributed by atoms with Gasteiger partial charge in [0.25, 0.3) is 0 Å². The van der Waals surface area contributed by atoms with E-state index < -0.39 is 18.2 Å². The van der Waals surface area contributed by atoms with Gasteiger partial charge in [-0.3, -0.25) is 4.79 Å². The Morgan fingerprint density at radius 3 is 2.52 bits per heavy atom. The van der Waals surface area contributed by atoms with Gasteiger partial charge in [-0.1, -0.05) is 18.2 Å². The number of hydrogen-bond acceptors (Lipinski definition) is 3. The molecule has 0 spiro atoms. The van der Waals surface area contributed by atoms with Crippen LogP contribution in [0.4, 0.5) is 13.2 Å². The van der Waals surface area contributed by atoms with Gasteiger partial charge in [0.05, 0.1) is 7.11 Å². The monoisotopic (exact) mass is 322 g/mol. The van der Waals surface area contributed by atoms with Gasteiger partial charge in [-0.2, -0.15) is 8.78 Å². The highest BCUT2D eigenvalue weighted by Gasteiger charge is 2.13. The fourth-order valence-electron chi connectivity index (χ4n) is 1.89.